The van der Waals surface area contributed by atoms with Crippen LogP contribution in [0, 0.1) is 5.41 Å². The summed E-state index contributed by atoms with van der Waals surface area (Å²) < 4.78 is 10.2. The van der Waals surface area contributed by atoms with Gasteiger partial charge in [0.2, 0.25) is 11.8 Å². The summed E-state index contributed by atoms with van der Waals surface area (Å²) in [5, 5.41) is 6.21. The molecular formula is C15H22ClN3O4. The molecule has 1 aromatic rings. The third-order valence-electron chi connectivity index (χ3n) is 3.69. The van der Waals surface area contributed by atoms with E-state index in [4.69, 9.17) is 16.3 Å². The second-order valence-corrected chi connectivity index (χ2v) is 6.54. The van der Waals surface area contributed by atoms with Gasteiger partial charge in [0.05, 0.1) is 11.5 Å². The highest BCUT2D eigenvalue weighted by Crippen LogP contribution is 2.22. The topological polar surface area (TPSA) is 84.7 Å². The second-order valence-electron chi connectivity index (χ2n) is 6.27. The molecule has 0 spiro atoms. The molecular weight excluding hydrogens is 322 g/mol. The van der Waals surface area contributed by atoms with Crippen LogP contribution in [0.25, 0.3) is 0 Å². The molecule has 2 heterocycles. The first-order valence-electron chi connectivity index (χ1n) is 7.59. The van der Waals surface area contributed by atoms with E-state index in [1.807, 2.05) is 0 Å². The molecule has 0 unspecified atom stereocenters. The number of amides is 2. The molecule has 1 aromatic heterocycles. The monoisotopic (exact) mass is 343 g/mol. The van der Waals surface area contributed by atoms with Crippen LogP contribution in [0.2, 0.25) is 0 Å². The van der Waals surface area contributed by atoms with Gasteiger partial charge in [-0.3, -0.25) is 9.59 Å². The van der Waals surface area contributed by atoms with Crippen molar-refractivity contribution in [1.29, 1.82) is 0 Å². The number of hydrogen-bond donors (Lipinski definition) is 1. The average molecular weight is 344 g/mol. The normalized spacial score (nSPS) is 18.0. The van der Waals surface area contributed by atoms with E-state index in [0.29, 0.717) is 19.0 Å². The van der Waals surface area contributed by atoms with E-state index in [9.17, 15) is 9.59 Å². The van der Waals surface area contributed by atoms with Gasteiger partial charge in [-0.25, -0.2) is 0 Å². The maximum atomic E-state index is 12.7. The minimum absolute atomic E-state index is 0.0371. The number of hydrogen-bond acceptors (Lipinski definition) is 5. The molecule has 0 saturated carbocycles. The van der Waals surface area contributed by atoms with Crippen molar-refractivity contribution in [2.75, 3.05) is 30.9 Å². The van der Waals surface area contributed by atoms with Crippen molar-refractivity contribution in [2.24, 2.45) is 5.41 Å². The lowest BCUT2D eigenvalue weighted by molar-refractivity contribution is -0.143. The predicted molar refractivity (Wildman–Crippen MR) is 85.2 cm³/mol. The Morgan fingerprint density at radius 2 is 2.30 bits per heavy atom. The van der Waals surface area contributed by atoms with Gasteiger partial charge in [0.15, 0.2) is 5.82 Å². The van der Waals surface area contributed by atoms with E-state index in [1.165, 1.54) is 17.2 Å². The largest absolute Gasteiger partial charge is 0.376 e. The highest BCUT2D eigenvalue weighted by Gasteiger charge is 2.34. The SMILES string of the molecule is CC(C)(CCl)C(=O)N(CC(=O)Nc1ccon1)C[C@H]1CCCO1. The number of ether oxygens (including phenoxy) is 1. The lowest BCUT2D eigenvalue weighted by atomic mass is 9.94. The molecule has 0 radical (unpaired) electrons. The highest BCUT2D eigenvalue weighted by molar-refractivity contribution is 6.19. The first-order chi connectivity index (χ1) is 10.9. The molecule has 1 saturated heterocycles. The van der Waals surface area contributed by atoms with Crippen LogP contribution in [0.5, 0.6) is 0 Å². The summed E-state index contributed by atoms with van der Waals surface area (Å²) in [5.74, 6) is -0.0104. The van der Waals surface area contributed by atoms with Crippen molar-refractivity contribution in [3.8, 4) is 0 Å². The van der Waals surface area contributed by atoms with Crippen LogP contribution in [0.1, 0.15) is 26.7 Å². The van der Waals surface area contributed by atoms with Crippen molar-refractivity contribution in [1.82, 2.24) is 10.1 Å². The van der Waals surface area contributed by atoms with Crippen LogP contribution in [0.4, 0.5) is 5.82 Å². The van der Waals surface area contributed by atoms with Crippen LogP contribution in [-0.2, 0) is 14.3 Å². The van der Waals surface area contributed by atoms with Crippen LogP contribution < -0.4 is 5.32 Å². The maximum Gasteiger partial charge on any atom is 0.245 e. The summed E-state index contributed by atoms with van der Waals surface area (Å²) >= 11 is 5.90. The number of anilines is 1. The zero-order valence-corrected chi connectivity index (χ0v) is 14.1. The van der Waals surface area contributed by atoms with Crippen molar-refractivity contribution in [2.45, 2.75) is 32.8 Å². The summed E-state index contributed by atoms with van der Waals surface area (Å²) in [6.45, 7) is 4.52. The molecule has 2 amide bonds. The van der Waals surface area contributed by atoms with Gasteiger partial charge in [0, 0.05) is 25.1 Å². The third kappa shape index (κ3) is 4.94. The van der Waals surface area contributed by atoms with Gasteiger partial charge in [0.1, 0.15) is 12.8 Å². The van der Waals surface area contributed by atoms with Gasteiger partial charge < -0.3 is 19.5 Å². The maximum absolute atomic E-state index is 12.7. The lowest BCUT2D eigenvalue weighted by Crippen LogP contribution is -2.48. The Morgan fingerprint density at radius 1 is 1.52 bits per heavy atom. The smallest absolute Gasteiger partial charge is 0.245 e. The number of carbonyl (C=O) groups excluding carboxylic acids is 2. The highest BCUT2D eigenvalue weighted by atomic mass is 35.5. The Kier molecular flexibility index (Phi) is 6.01. The molecule has 1 aliphatic heterocycles. The fraction of sp³-hybridized carbons (Fsp3) is 0.667. The predicted octanol–water partition coefficient (Wildman–Crippen LogP) is 1.89. The van der Waals surface area contributed by atoms with Crippen molar-refractivity contribution < 1.29 is 18.8 Å². The summed E-state index contributed by atoms with van der Waals surface area (Å²) in [6.07, 6.45) is 3.18. The standard InChI is InChI=1S/C15H22ClN3O4/c1-15(2,10-16)14(21)19(8-11-4-3-6-22-11)9-13(20)17-12-5-7-23-18-12/h5,7,11H,3-4,6,8-10H2,1-2H3,(H,17,18,20)/t11-/m1/s1. The van der Waals surface area contributed by atoms with Crippen LogP contribution in [0.15, 0.2) is 16.9 Å². The molecule has 0 aliphatic carbocycles. The van der Waals surface area contributed by atoms with Gasteiger partial charge >= 0.3 is 0 Å². The van der Waals surface area contributed by atoms with Crippen molar-refractivity contribution >= 4 is 29.2 Å². The van der Waals surface area contributed by atoms with E-state index in [0.717, 1.165) is 12.8 Å². The molecule has 1 atom stereocenters. The second kappa shape index (κ2) is 7.79. The van der Waals surface area contributed by atoms with Gasteiger partial charge in [0.25, 0.3) is 0 Å². The fourth-order valence-electron chi connectivity index (χ4n) is 2.37. The number of nitrogens with zero attached hydrogens (tertiary/aromatic N) is 2. The zero-order chi connectivity index (χ0) is 16.9. The van der Waals surface area contributed by atoms with Crippen molar-refractivity contribution in [3.05, 3.63) is 12.3 Å². The number of rotatable bonds is 7. The Hall–Kier alpha value is -1.60. The number of aromatic nitrogens is 1. The molecule has 1 aliphatic rings. The molecule has 1 fully saturated rings. The van der Waals surface area contributed by atoms with Crippen molar-refractivity contribution in [3.63, 3.8) is 0 Å². The van der Waals surface area contributed by atoms with Crippen LogP contribution in [-0.4, -0.2) is 53.6 Å². The lowest BCUT2D eigenvalue weighted by Gasteiger charge is -2.31. The molecule has 1 N–H and O–H groups in total. The van der Waals surface area contributed by atoms with E-state index in [2.05, 4.69) is 15.0 Å². The Bertz CT molecular complexity index is 527. The quantitative estimate of drug-likeness (QED) is 0.764. The molecule has 0 bridgehead atoms. The minimum Gasteiger partial charge on any atom is -0.376 e. The minimum atomic E-state index is -0.742. The van der Waals surface area contributed by atoms with E-state index >= 15 is 0 Å². The molecule has 0 aromatic carbocycles. The number of halogens is 1. The molecule has 23 heavy (non-hydrogen) atoms. The first-order valence-corrected chi connectivity index (χ1v) is 8.13. The van der Waals surface area contributed by atoms with Gasteiger partial charge in [-0.05, 0) is 26.7 Å². The summed E-state index contributed by atoms with van der Waals surface area (Å²) in [6, 6.07) is 1.53. The Balaban J connectivity index is 2.02. The van der Waals surface area contributed by atoms with E-state index in [1.54, 1.807) is 13.8 Å². The van der Waals surface area contributed by atoms with Gasteiger partial charge in [-0.2, -0.15) is 0 Å². The molecule has 128 valence electrons. The van der Waals surface area contributed by atoms with E-state index in [-0.39, 0.29) is 30.3 Å². The molecule has 2 rings (SSSR count). The first kappa shape index (κ1) is 17.7. The average Bonchev–Trinajstić information content (AvgIpc) is 3.19. The molecule has 7 nitrogen and oxygen atoms in total. The van der Waals surface area contributed by atoms with Crippen LogP contribution >= 0.6 is 11.6 Å². The van der Waals surface area contributed by atoms with Crippen LogP contribution in [0.3, 0.4) is 0 Å². The number of carbonyl (C=O) groups is 2. The number of nitrogens with one attached hydrogen (secondary N) is 1. The van der Waals surface area contributed by atoms with Gasteiger partial charge in [-0.15, -0.1) is 11.6 Å². The molecule has 8 heteroatoms. The third-order valence-corrected chi connectivity index (χ3v) is 4.36. The summed E-state index contributed by atoms with van der Waals surface area (Å²) in [5.41, 5.74) is -0.742. The van der Waals surface area contributed by atoms with Gasteiger partial charge in [-0.1, -0.05) is 5.16 Å². The Labute approximate surface area is 140 Å². The van der Waals surface area contributed by atoms with E-state index < -0.39 is 5.41 Å². The zero-order valence-electron chi connectivity index (χ0n) is 13.4. The summed E-state index contributed by atoms with van der Waals surface area (Å²) in [4.78, 5) is 26.4. The Morgan fingerprint density at radius 3 is 2.87 bits per heavy atom. The number of alkyl halides is 1. The fourth-order valence-corrected chi connectivity index (χ4v) is 2.49. The summed E-state index contributed by atoms with van der Waals surface area (Å²) in [7, 11) is 0.